The van der Waals surface area contributed by atoms with Crippen molar-refractivity contribution < 1.29 is 19.4 Å². The first kappa shape index (κ1) is 22.6. The summed E-state index contributed by atoms with van der Waals surface area (Å²) in [7, 11) is 0. The molecule has 7 nitrogen and oxygen atoms in total. The lowest BCUT2D eigenvalue weighted by Crippen LogP contribution is -2.32. The van der Waals surface area contributed by atoms with E-state index in [0.717, 1.165) is 16.7 Å². The van der Waals surface area contributed by atoms with Crippen molar-refractivity contribution in [3.63, 3.8) is 0 Å². The second kappa shape index (κ2) is 10.3. The van der Waals surface area contributed by atoms with Crippen LogP contribution in [0.15, 0.2) is 87.9 Å². The minimum Gasteiger partial charge on any atom is -0.507 e. The molecule has 0 spiro atoms. The van der Waals surface area contributed by atoms with Gasteiger partial charge in [0.2, 0.25) is 0 Å². The molecular weight excluding hydrogens is 462 g/mol. The Balaban J connectivity index is 1.46. The number of halogens is 1. The number of hydrogen-bond acceptors (Lipinski definition) is 7. The van der Waals surface area contributed by atoms with E-state index in [4.69, 9.17) is 16.3 Å². The molecule has 0 bridgehead atoms. The highest BCUT2D eigenvalue weighted by molar-refractivity contribution is 8.18. The van der Waals surface area contributed by atoms with E-state index in [1.54, 1.807) is 48.5 Å². The molecule has 0 aromatic heterocycles. The van der Waals surface area contributed by atoms with Crippen LogP contribution in [0.1, 0.15) is 5.56 Å². The summed E-state index contributed by atoms with van der Waals surface area (Å²) in [6.45, 7) is 0.302. The monoisotopic (exact) mass is 479 g/mol. The number of phenols is 1. The van der Waals surface area contributed by atoms with Crippen LogP contribution in [-0.4, -0.2) is 34.3 Å². The number of carbonyl (C=O) groups is 2. The summed E-state index contributed by atoms with van der Waals surface area (Å²) in [6.07, 6.45) is 1.47. The molecule has 0 saturated carbocycles. The number of imide groups is 1. The first-order chi connectivity index (χ1) is 16.0. The topological polar surface area (TPSA) is 91.6 Å². The average molecular weight is 480 g/mol. The van der Waals surface area contributed by atoms with Crippen LogP contribution in [0.2, 0.25) is 5.02 Å². The van der Waals surface area contributed by atoms with Crippen molar-refractivity contribution in [1.29, 1.82) is 0 Å². The number of carbonyl (C=O) groups excluding carboxylic acids is 2. The van der Waals surface area contributed by atoms with Gasteiger partial charge in [-0.05, 0) is 66.4 Å². The van der Waals surface area contributed by atoms with Gasteiger partial charge >= 0.3 is 0 Å². The van der Waals surface area contributed by atoms with E-state index in [-0.39, 0.29) is 29.0 Å². The van der Waals surface area contributed by atoms with E-state index in [9.17, 15) is 14.7 Å². The molecule has 0 atom stereocenters. The Hall–Kier alpha value is -3.62. The molecule has 33 heavy (non-hydrogen) atoms. The molecular formula is C24H18ClN3O4S. The van der Waals surface area contributed by atoms with Gasteiger partial charge in [0, 0.05) is 10.6 Å². The zero-order valence-electron chi connectivity index (χ0n) is 17.2. The zero-order chi connectivity index (χ0) is 23.2. The largest absolute Gasteiger partial charge is 0.507 e. The van der Waals surface area contributed by atoms with E-state index in [1.165, 1.54) is 12.1 Å². The van der Waals surface area contributed by atoms with E-state index in [0.29, 0.717) is 27.7 Å². The molecule has 1 saturated heterocycles. The van der Waals surface area contributed by atoms with Gasteiger partial charge in [-0.15, -0.1) is 0 Å². The minimum absolute atomic E-state index is 0.0454. The van der Waals surface area contributed by atoms with Crippen LogP contribution in [0.4, 0.5) is 16.2 Å². The predicted molar refractivity (Wildman–Crippen MR) is 128 cm³/mol. The highest BCUT2D eigenvalue weighted by Crippen LogP contribution is 2.35. The fraction of sp³-hybridized carbons (Fsp3) is 0.0833. The van der Waals surface area contributed by atoms with E-state index >= 15 is 0 Å². The molecule has 0 unspecified atom stereocenters. The minimum atomic E-state index is -0.438. The predicted octanol–water partition coefficient (Wildman–Crippen LogP) is 6.58. The number of aromatic hydroxyl groups is 1. The number of thioether (sulfide) groups is 1. The van der Waals surface area contributed by atoms with Crippen molar-refractivity contribution in [2.24, 2.45) is 10.2 Å². The van der Waals surface area contributed by atoms with Crippen molar-refractivity contribution in [2.45, 2.75) is 0 Å². The summed E-state index contributed by atoms with van der Waals surface area (Å²) in [5.74, 6) is 0.177. The number of amides is 2. The average Bonchev–Trinajstić information content (AvgIpc) is 3.07. The van der Waals surface area contributed by atoms with E-state index in [2.05, 4.69) is 10.2 Å². The van der Waals surface area contributed by atoms with Crippen LogP contribution in [0, 0.1) is 0 Å². The number of ether oxygens (including phenoxy) is 1. The summed E-state index contributed by atoms with van der Waals surface area (Å²) >= 11 is 6.76. The summed E-state index contributed by atoms with van der Waals surface area (Å²) in [5.41, 5.74) is 1.40. The van der Waals surface area contributed by atoms with Gasteiger partial charge in [-0.1, -0.05) is 35.9 Å². The number of azo groups is 1. The third-order valence-electron chi connectivity index (χ3n) is 4.59. The molecule has 1 aliphatic rings. The van der Waals surface area contributed by atoms with Crippen molar-refractivity contribution in [3.05, 3.63) is 88.3 Å². The maximum atomic E-state index is 12.7. The molecule has 9 heteroatoms. The van der Waals surface area contributed by atoms with Gasteiger partial charge in [0.15, 0.2) is 0 Å². The Morgan fingerprint density at radius 3 is 2.48 bits per heavy atom. The van der Waals surface area contributed by atoms with Crippen LogP contribution in [0.3, 0.4) is 0 Å². The molecule has 3 aromatic carbocycles. The summed E-state index contributed by atoms with van der Waals surface area (Å²) in [6, 6.07) is 20.7. The third kappa shape index (κ3) is 5.79. The lowest BCUT2D eigenvalue weighted by atomic mass is 10.1. The maximum absolute atomic E-state index is 12.7. The lowest BCUT2D eigenvalue weighted by molar-refractivity contribution is -0.123. The second-order valence-corrected chi connectivity index (χ2v) is 8.35. The number of nitrogens with zero attached hydrogens (tertiary/aromatic N) is 3. The quantitative estimate of drug-likeness (QED) is 0.305. The summed E-state index contributed by atoms with van der Waals surface area (Å²) in [5, 5.41) is 18.7. The normalized spacial score (nSPS) is 15.1. The van der Waals surface area contributed by atoms with Crippen LogP contribution >= 0.6 is 23.4 Å². The second-order valence-electron chi connectivity index (χ2n) is 6.92. The van der Waals surface area contributed by atoms with Crippen molar-refractivity contribution in [3.8, 4) is 11.5 Å². The summed E-state index contributed by atoms with van der Waals surface area (Å²) in [4.78, 5) is 26.4. The number of hydrogen-bond donors (Lipinski definition) is 1. The first-order valence-electron chi connectivity index (χ1n) is 9.93. The lowest BCUT2D eigenvalue weighted by Gasteiger charge is -2.13. The SMILES string of the molecule is O=C1S/C(=C\c2cc(N=Nc3cccc(Cl)c3)ccc2O)C(=O)N1CCOc1ccccc1. The van der Waals surface area contributed by atoms with Gasteiger partial charge in [0.25, 0.3) is 11.1 Å². The van der Waals surface area contributed by atoms with Gasteiger partial charge in [-0.2, -0.15) is 10.2 Å². The Labute approximate surface area is 199 Å². The highest BCUT2D eigenvalue weighted by Gasteiger charge is 2.35. The molecule has 1 fully saturated rings. The van der Waals surface area contributed by atoms with Crippen LogP contribution < -0.4 is 4.74 Å². The number of benzene rings is 3. The van der Waals surface area contributed by atoms with Crippen LogP contribution in [0.5, 0.6) is 11.5 Å². The Morgan fingerprint density at radius 1 is 0.970 bits per heavy atom. The van der Waals surface area contributed by atoms with Gasteiger partial charge in [-0.25, -0.2) is 0 Å². The van der Waals surface area contributed by atoms with E-state index in [1.807, 2.05) is 18.2 Å². The van der Waals surface area contributed by atoms with Crippen LogP contribution in [-0.2, 0) is 4.79 Å². The van der Waals surface area contributed by atoms with Crippen molar-refractivity contribution >= 4 is 52.0 Å². The Kier molecular flexibility index (Phi) is 7.07. The van der Waals surface area contributed by atoms with Crippen molar-refractivity contribution in [1.82, 2.24) is 4.90 Å². The fourth-order valence-electron chi connectivity index (χ4n) is 2.98. The van der Waals surface area contributed by atoms with E-state index < -0.39 is 5.91 Å². The number of rotatable bonds is 7. The summed E-state index contributed by atoms with van der Waals surface area (Å²) < 4.78 is 5.58. The van der Waals surface area contributed by atoms with Crippen LogP contribution in [0.25, 0.3) is 6.08 Å². The molecule has 4 rings (SSSR count). The standard InChI is InChI=1S/C24H18ClN3O4S/c25-17-5-4-6-18(15-17)26-27-19-9-10-21(29)16(13-19)14-22-23(30)28(24(31)33-22)11-12-32-20-7-2-1-3-8-20/h1-10,13-15,29H,11-12H2/b22-14-,27-26?. The van der Waals surface area contributed by atoms with Gasteiger partial charge in [0.05, 0.1) is 22.8 Å². The third-order valence-corrected chi connectivity index (χ3v) is 5.73. The number of phenolic OH excluding ortho intramolecular Hbond substituents is 1. The molecule has 0 radical (unpaired) electrons. The van der Waals surface area contributed by atoms with Gasteiger partial charge in [0.1, 0.15) is 18.1 Å². The molecule has 1 heterocycles. The Morgan fingerprint density at radius 2 is 1.73 bits per heavy atom. The number of para-hydroxylation sites is 1. The molecule has 166 valence electrons. The molecule has 1 aliphatic heterocycles. The smallest absolute Gasteiger partial charge is 0.293 e. The van der Waals surface area contributed by atoms with Gasteiger partial charge in [-0.3, -0.25) is 14.5 Å². The highest BCUT2D eigenvalue weighted by atomic mass is 35.5. The molecule has 1 N–H and O–H groups in total. The first-order valence-corrected chi connectivity index (χ1v) is 11.1. The Bertz CT molecular complexity index is 1250. The zero-order valence-corrected chi connectivity index (χ0v) is 18.8. The molecule has 3 aromatic rings. The maximum Gasteiger partial charge on any atom is 0.293 e. The van der Waals surface area contributed by atoms with Crippen molar-refractivity contribution in [2.75, 3.05) is 13.2 Å². The van der Waals surface area contributed by atoms with Gasteiger partial charge < -0.3 is 9.84 Å². The fourth-order valence-corrected chi connectivity index (χ4v) is 4.02. The molecule has 2 amide bonds. The molecule has 0 aliphatic carbocycles.